The van der Waals surface area contributed by atoms with Gasteiger partial charge in [-0.3, -0.25) is 4.79 Å². The van der Waals surface area contributed by atoms with Crippen molar-refractivity contribution >= 4 is 24.3 Å². The average molecular weight is 355 g/mol. The van der Waals surface area contributed by atoms with E-state index >= 15 is 0 Å². The maximum atomic E-state index is 12.6. The number of likely N-dealkylation sites (tertiary alicyclic amines) is 1. The van der Waals surface area contributed by atoms with Crippen LogP contribution in [0.5, 0.6) is 0 Å². The van der Waals surface area contributed by atoms with Crippen LogP contribution in [0.15, 0.2) is 30.3 Å². The van der Waals surface area contributed by atoms with Gasteiger partial charge in [0.05, 0.1) is 6.04 Å². The van der Waals surface area contributed by atoms with Crippen LogP contribution in [0.2, 0.25) is 0 Å². The summed E-state index contributed by atoms with van der Waals surface area (Å²) in [6, 6.07) is 8.38. The second-order valence-electron chi connectivity index (χ2n) is 7.13. The smallest absolute Gasteiger partial charge is 0.329 e. The number of nitrogens with zero attached hydrogens (tertiary/aromatic N) is 1. The number of esters is 1. The predicted octanol–water partition coefficient (Wildman–Crippen LogP) is 2.52. The monoisotopic (exact) mass is 354 g/mol. The van der Waals surface area contributed by atoms with E-state index in [0.717, 1.165) is 12.0 Å². The molecule has 2 N–H and O–H groups in total. The summed E-state index contributed by atoms with van der Waals surface area (Å²) in [6.07, 6.45) is 1.43. The molecule has 1 fully saturated rings. The highest BCUT2D eigenvalue weighted by Gasteiger charge is 2.40. The molecule has 0 radical (unpaired) electrons. The van der Waals surface area contributed by atoms with E-state index in [-0.39, 0.29) is 36.3 Å². The van der Waals surface area contributed by atoms with E-state index in [9.17, 15) is 9.59 Å². The summed E-state index contributed by atoms with van der Waals surface area (Å²) in [5.41, 5.74) is 6.66. The van der Waals surface area contributed by atoms with Crippen LogP contribution < -0.4 is 5.73 Å². The van der Waals surface area contributed by atoms with E-state index in [1.165, 1.54) is 0 Å². The number of hydrogen-bond donors (Lipinski definition) is 1. The van der Waals surface area contributed by atoms with Gasteiger partial charge in [-0.2, -0.15) is 0 Å². The van der Waals surface area contributed by atoms with E-state index in [4.69, 9.17) is 10.5 Å². The summed E-state index contributed by atoms with van der Waals surface area (Å²) < 4.78 is 5.38. The molecule has 6 heteroatoms. The van der Waals surface area contributed by atoms with Crippen LogP contribution in [0, 0.1) is 5.41 Å². The van der Waals surface area contributed by atoms with Crippen LogP contribution in [-0.4, -0.2) is 35.4 Å². The Morgan fingerprint density at radius 1 is 1.29 bits per heavy atom. The summed E-state index contributed by atoms with van der Waals surface area (Å²) in [5.74, 6) is -0.516. The molecule has 5 nitrogen and oxygen atoms in total. The fourth-order valence-electron chi connectivity index (χ4n) is 2.65. The minimum atomic E-state index is -0.620. The minimum Gasteiger partial charge on any atom is -0.459 e. The number of carbonyl (C=O) groups is 2. The molecule has 1 aliphatic heterocycles. The topological polar surface area (TPSA) is 72.6 Å². The second-order valence-corrected chi connectivity index (χ2v) is 7.13. The van der Waals surface area contributed by atoms with Crippen molar-refractivity contribution < 1.29 is 14.3 Å². The lowest BCUT2D eigenvalue weighted by Crippen LogP contribution is -2.53. The molecular formula is C18H27ClN2O3. The van der Waals surface area contributed by atoms with Crippen molar-refractivity contribution in [3.8, 4) is 0 Å². The van der Waals surface area contributed by atoms with E-state index in [0.29, 0.717) is 13.0 Å². The first-order valence-corrected chi connectivity index (χ1v) is 8.07. The molecule has 2 atom stereocenters. The molecular weight excluding hydrogens is 328 g/mol. The van der Waals surface area contributed by atoms with Crippen LogP contribution in [0.3, 0.4) is 0 Å². The fourth-order valence-corrected chi connectivity index (χ4v) is 2.65. The molecule has 2 rings (SSSR count). The van der Waals surface area contributed by atoms with Gasteiger partial charge in [0.2, 0.25) is 5.91 Å². The fraction of sp³-hybridized carbons (Fsp3) is 0.556. The molecule has 1 aromatic carbocycles. The second kappa shape index (κ2) is 8.49. The number of rotatable bonds is 4. The van der Waals surface area contributed by atoms with Gasteiger partial charge in [0.1, 0.15) is 12.6 Å². The van der Waals surface area contributed by atoms with Gasteiger partial charge in [-0.15, -0.1) is 12.4 Å². The van der Waals surface area contributed by atoms with E-state index in [1.54, 1.807) is 4.90 Å². The van der Waals surface area contributed by atoms with Crippen molar-refractivity contribution in [3.63, 3.8) is 0 Å². The molecule has 0 aromatic heterocycles. The summed E-state index contributed by atoms with van der Waals surface area (Å²) >= 11 is 0. The van der Waals surface area contributed by atoms with Crippen LogP contribution >= 0.6 is 12.4 Å². The Balaban J connectivity index is 0.00000288. The largest absolute Gasteiger partial charge is 0.459 e. The Bertz CT molecular complexity index is 557. The number of ether oxygens (including phenoxy) is 1. The van der Waals surface area contributed by atoms with Crippen LogP contribution in [0.4, 0.5) is 0 Å². The molecule has 1 aliphatic rings. The van der Waals surface area contributed by atoms with Gasteiger partial charge in [-0.25, -0.2) is 4.79 Å². The Labute approximate surface area is 149 Å². The Hall–Kier alpha value is -1.59. The van der Waals surface area contributed by atoms with Crippen LogP contribution in [0.1, 0.15) is 39.2 Å². The van der Waals surface area contributed by atoms with Crippen molar-refractivity contribution in [2.45, 2.75) is 52.3 Å². The Kier molecular flexibility index (Phi) is 7.24. The Morgan fingerprint density at radius 3 is 2.50 bits per heavy atom. The van der Waals surface area contributed by atoms with Crippen molar-refractivity contribution in [1.29, 1.82) is 0 Å². The zero-order valence-electron chi connectivity index (χ0n) is 14.5. The van der Waals surface area contributed by atoms with Crippen molar-refractivity contribution in [2.24, 2.45) is 11.1 Å². The standard InChI is InChI=1S/C18H26N2O3.ClH/c1-18(2,3)15(19)16(21)20-11-7-10-14(20)17(22)23-12-13-8-5-4-6-9-13;/h4-6,8-9,14-15H,7,10-12,19H2,1-3H3;1H/t14-,15+;/m0./s1. The average Bonchev–Trinajstić information content (AvgIpc) is 3.01. The highest BCUT2D eigenvalue weighted by Crippen LogP contribution is 2.25. The van der Waals surface area contributed by atoms with Crippen molar-refractivity contribution in [3.05, 3.63) is 35.9 Å². The van der Waals surface area contributed by atoms with E-state index in [1.807, 2.05) is 51.1 Å². The third-order valence-corrected chi connectivity index (χ3v) is 4.23. The van der Waals surface area contributed by atoms with Crippen LogP contribution in [0.25, 0.3) is 0 Å². The summed E-state index contributed by atoms with van der Waals surface area (Å²) in [5, 5.41) is 0. The van der Waals surface area contributed by atoms with Gasteiger partial charge in [-0.1, -0.05) is 51.1 Å². The maximum Gasteiger partial charge on any atom is 0.329 e. The summed E-state index contributed by atoms with van der Waals surface area (Å²) in [6.45, 7) is 6.56. The van der Waals surface area contributed by atoms with Gasteiger partial charge in [-0.05, 0) is 23.8 Å². The molecule has 1 heterocycles. The lowest BCUT2D eigenvalue weighted by Gasteiger charge is -2.32. The molecule has 1 amide bonds. The van der Waals surface area contributed by atoms with Crippen LogP contribution in [-0.2, 0) is 20.9 Å². The third kappa shape index (κ3) is 4.95. The van der Waals surface area contributed by atoms with Crippen molar-refractivity contribution in [2.75, 3.05) is 6.54 Å². The first-order chi connectivity index (χ1) is 10.8. The molecule has 0 spiro atoms. The molecule has 1 aromatic rings. The maximum absolute atomic E-state index is 12.6. The Morgan fingerprint density at radius 2 is 1.92 bits per heavy atom. The first-order valence-electron chi connectivity index (χ1n) is 8.07. The number of benzene rings is 1. The van der Waals surface area contributed by atoms with E-state index in [2.05, 4.69) is 0 Å². The number of hydrogen-bond acceptors (Lipinski definition) is 4. The summed E-state index contributed by atoms with van der Waals surface area (Å²) in [7, 11) is 0. The van der Waals surface area contributed by atoms with Gasteiger partial charge in [0, 0.05) is 6.54 Å². The summed E-state index contributed by atoms with van der Waals surface area (Å²) in [4.78, 5) is 26.5. The lowest BCUT2D eigenvalue weighted by molar-refractivity contribution is -0.155. The molecule has 1 saturated heterocycles. The minimum absolute atomic E-state index is 0. The van der Waals surface area contributed by atoms with Gasteiger partial charge < -0.3 is 15.4 Å². The van der Waals surface area contributed by atoms with E-state index < -0.39 is 12.1 Å². The SMILES string of the molecule is CC(C)(C)[C@H](N)C(=O)N1CCC[C@H]1C(=O)OCc1ccccc1.Cl. The molecule has 134 valence electrons. The van der Waals surface area contributed by atoms with Gasteiger partial charge >= 0.3 is 5.97 Å². The number of amides is 1. The molecule has 0 bridgehead atoms. The first kappa shape index (κ1) is 20.5. The number of carbonyl (C=O) groups excluding carboxylic acids is 2. The molecule has 0 aliphatic carbocycles. The quantitative estimate of drug-likeness (QED) is 0.843. The molecule has 0 saturated carbocycles. The number of halogens is 1. The molecule has 0 unspecified atom stereocenters. The zero-order chi connectivity index (χ0) is 17.0. The number of nitrogens with two attached hydrogens (primary N) is 1. The lowest BCUT2D eigenvalue weighted by atomic mass is 9.86. The van der Waals surface area contributed by atoms with Gasteiger partial charge in [0.25, 0.3) is 0 Å². The predicted molar refractivity (Wildman–Crippen MR) is 95.7 cm³/mol. The van der Waals surface area contributed by atoms with Crippen molar-refractivity contribution in [1.82, 2.24) is 4.90 Å². The zero-order valence-corrected chi connectivity index (χ0v) is 15.3. The normalized spacial score (nSPS) is 18.7. The highest BCUT2D eigenvalue weighted by molar-refractivity contribution is 5.88. The van der Waals surface area contributed by atoms with Gasteiger partial charge in [0.15, 0.2) is 0 Å². The third-order valence-electron chi connectivity index (χ3n) is 4.23. The highest BCUT2D eigenvalue weighted by atomic mass is 35.5. The molecule has 24 heavy (non-hydrogen) atoms.